The van der Waals surface area contributed by atoms with E-state index in [1.165, 1.54) is 0 Å². The van der Waals surface area contributed by atoms with Crippen LogP contribution >= 0.6 is 0 Å². The summed E-state index contributed by atoms with van der Waals surface area (Å²) < 4.78 is 31.2. The zero-order valence-corrected chi connectivity index (χ0v) is 16.3. The van der Waals surface area contributed by atoms with Crippen molar-refractivity contribution in [2.24, 2.45) is 0 Å². The first-order chi connectivity index (χ1) is 13.4. The van der Waals surface area contributed by atoms with Crippen molar-refractivity contribution in [1.29, 1.82) is 0 Å². The molecule has 0 fully saturated rings. The highest BCUT2D eigenvalue weighted by atomic mass is 32.2. The van der Waals surface area contributed by atoms with Crippen molar-refractivity contribution in [2.45, 2.75) is 13.3 Å². The minimum atomic E-state index is -3.36. The van der Waals surface area contributed by atoms with E-state index < -0.39 is 21.8 Å². The van der Waals surface area contributed by atoms with Crippen LogP contribution in [0.4, 0.5) is 11.4 Å². The van der Waals surface area contributed by atoms with Crippen molar-refractivity contribution in [3.8, 4) is 5.75 Å². The smallest absolute Gasteiger partial charge is 0.258 e. The number of nitrogens with one attached hydrogen (secondary N) is 3. The number of anilines is 2. The molecule has 0 unspecified atom stereocenters. The normalized spacial score (nSPS) is 10.8. The standard InChI is InChI=1S/C19H23N3O5S/c1-2-12-28(25,26)22-16-10-8-15(9-11-16)21-18(23)13-20-19(24)14-27-17-6-4-3-5-7-17/h3-11,22H,2,12-14H2,1H3,(H,20,24)(H,21,23). The van der Waals surface area contributed by atoms with Gasteiger partial charge in [0.15, 0.2) is 6.61 Å². The summed E-state index contributed by atoms with van der Waals surface area (Å²) in [7, 11) is -3.36. The second-order valence-corrected chi connectivity index (χ2v) is 7.77. The van der Waals surface area contributed by atoms with Crippen molar-refractivity contribution in [3.63, 3.8) is 0 Å². The first-order valence-electron chi connectivity index (χ1n) is 8.73. The summed E-state index contributed by atoms with van der Waals surface area (Å²) in [5.74, 6) is -0.220. The molecule has 3 N–H and O–H groups in total. The highest BCUT2D eigenvalue weighted by molar-refractivity contribution is 7.92. The van der Waals surface area contributed by atoms with E-state index in [1.54, 1.807) is 55.5 Å². The Labute approximate surface area is 164 Å². The lowest BCUT2D eigenvalue weighted by atomic mass is 10.3. The van der Waals surface area contributed by atoms with Gasteiger partial charge in [0.05, 0.1) is 12.3 Å². The van der Waals surface area contributed by atoms with Crippen LogP contribution in [0.5, 0.6) is 5.75 Å². The van der Waals surface area contributed by atoms with Gasteiger partial charge in [0.1, 0.15) is 5.75 Å². The van der Waals surface area contributed by atoms with Gasteiger partial charge in [-0.05, 0) is 42.8 Å². The molecule has 28 heavy (non-hydrogen) atoms. The van der Waals surface area contributed by atoms with E-state index in [0.29, 0.717) is 23.5 Å². The predicted octanol–water partition coefficient (Wildman–Crippen LogP) is 1.97. The number of hydrogen-bond donors (Lipinski definition) is 3. The molecule has 0 aliphatic heterocycles. The van der Waals surface area contributed by atoms with Crippen LogP contribution in [0.3, 0.4) is 0 Å². The molecule has 0 saturated heterocycles. The maximum absolute atomic E-state index is 11.9. The summed E-state index contributed by atoms with van der Waals surface area (Å²) in [4.78, 5) is 23.6. The molecule has 0 atom stereocenters. The zero-order chi connectivity index (χ0) is 20.4. The Morgan fingerprint density at radius 1 is 0.929 bits per heavy atom. The number of rotatable bonds is 10. The molecule has 0 saturated carbocycles. The number of benzene rings is 2. The van der Waals surface area contributed by atoms with Crippen molar-refractivity contribution >= 4 is 33.2 Å². The van der Waals surface area contributed by atoms with Gasteiger partial charge >= 0.3 is 0 Å². The van der Waals surface area contributed by atoms with Crippen molar-refractivity contribution < 1.29 is 22.7 Å². The monoisotopic (exact) mass is 405 g/mol. The van der Waals surface area contributed by atoms with Crippen LogP contribution < -0.4 is 20.1 Å². The van der Waals surface area contributed by atoms with Crippen LogP contribution in [-0.4, -0.2) is 39.1 Å². The van der Waals surface area contributed by atoms with Crippen molar-refractivity contribution in [1.82, 2.24) is 5.32 Å². The molecule has 0 aliphatic carbocycles. The maximum Gasteiger partial charge on any atom is 0.258 e. The Hall–Kier alpha value is -3.07. The molecule has 0 aromatic heterocycles. The Morgan fingerprint density at radius 2 is 1.57 bits per heavy atom. The quantitative estimate of drug-likeness (QED) is 0.559. The van der Waals surface area contributed by atoms with E-state index in [4.69, 9.17) is 4.74 Å². The van der Waals surface area contributed by atoms with Gasteiger partial charge in [0.25, 0.3) is 5.91 Å². The Balaban J connectivity index is 1.74. The second kappa shape index (κ2) is 10.3. The fourth-order valence-corrected chi connectivity index (χ4v) is 3.36. The minimum absolute atomic E-state index is 0.0408. The van der Waals surface area contributed by atoms with E-state index in [9.17, 15) is 18.0 Å². The Morgan fingerprint density at radius 3 is 2.21 bits per heavy atom. The molecule has 2 aromatic carbocycles. The molecular formula is C19H23N3O5S. The van der Waals surface area contributed by atoms with Gasteiger partial charge in [-0.2, -0.15) is 0 Å². The average molecular weight is 405 g/mol. The van der Waals surface area contributed by atoms with Crippen LogP contribution in [0.25, 0.3) is 0 Å². The Kier molecular flexibility index (Phi) is 7.82. The molecule has 0 radical (unpaired) electrons. The third-order valence-corrected chi connectivity index (χ3v) is 4.97. The van der Waals surface area contributed by atoms with Crippen molar-refractivity contribution in [2.75, 3.05) is 28.9 Å². The number of amides is 2. The third kappa shape index (κ3) is 7.67. The lowest BCUT2D eigenvalue weighted by molar-refractivity contribution is -0.125. The van der Waals surface area contributed by atoms with E-state index in [1.807, 2.05) is 6.07 Å². The van der Waals surface area contributed by atoms with Crippen LogP contribution in [-0.2, 0) is 19.6 Å². The summed E-state index contributed by atoms with van der Waals surface area (Å²) in [5.41, 5.74) is 0.899. The molecule has 2 aromatic rings. The second-order valence-electron chi connectivity index (χ2n) is 5.92. The third-order valence-electron chi connectivity index (χ3n) is 3.47. The molecule has 0 spiro atoms. The van der Waals surface area contributed by atoms with Gasteiger partial charge in [-0.25, -0.2) is 8.42 Å². The summed E-state index contributed by atoms with van der Waals surface area (Å²) >= 11 is 0. The lowest BCUT2D eigenvalue weighted by Gasteiger charge is -2.10. The lowest BCUT2D eigenvalue weighted by Crippen LogP contribution is -2.35. The summed E-state index contributed by atoms with van der Waals surface area (Å²) in [6, 6.07) is 15.1. The number of para-hydroxylation sites is 1. The highest BCUT2D eigenvalue weighted by Crippen LogP contribution is 2.15. The first kappa shape index (κ1) is 21.2. The van der Waals surface area contributed by atoms with Crippen molar-refractivity contribution in [3.05, 3.63) is 54.6 Å². The average Bonchev–Trinajstić information content (AvgIpc) is 2.67. The van der Waals surface area contributed by atoms with Crippen LogP contribution in [0, 0.1) is 0 Å². The van der Waals surface area contributed by atoms with E-state index >= 15 is 0 Å². The minimum Gasteiger partial charge on any atom is -0.484 e. The molecule has 2 amide bonds. The largest absolute Gasteiger partial charge is 0.484 e. The topological polar surface area (TPSA) is 114 Å². The molecule has 0 heterocycles. The summed E-state index contributed by atoms with van der Waals surface area (Å²) in [5, 5.41) is 5.08. The fourth-order valence-electron chi connectivity index (χ4n) is 2.22. The van der Waals surface area contributed by atoms with E-state index in [-0.39, 0.29) is 18.9 Å². The van der Waals surface area contributed by atoms with E-state index in [2.05, 4.69) is 15.4 Å². The fraction of sp³-hybridized carbons (Fsp3) is 0.263. The predicted molar refractivity (Wildman–Crippen MR) is 108 cm³/mol. The van der Waals surface area contributed by atoms with Gasteiger partial charge in [-0.3, -0.25) is 14.3 Å². The van der Waals surface area contributed by atoms with Crippen LogP contribution in [0.2, 0.25) is 0 Å². The Bertz CT molecular complexity index is 884. The molecular weight excluding hydrogens is 382 g/mol. The van der Waals surface area contributed by atoms with Gasteiger partial charge in [0.2, 0.25) is 15.9 Å². The molecule has 0 aliphatic rings. The van der Waals surface area contributed by atoms with Crippen LogP contribution in [0.1, 0.15) is 13.3 Å². The molecule has 0 bridgehead atoms. The van der Waals surface area contributed by atoms with Gasteiger partial charge in [-0.1, -0.05) is 25.1 Å². The van der Waals surface area contributed by atoms with Gasteiger partial charge < -0.3 is 15.4 Å². The summed E-state index contributed by atoms with van der Waals surface area (Å²) in [6.45, 7) is 1.39. The SMILES string of the molecule is CCCS(=O)(=O)Nc1ccc(NC(=O)CNC(=O)COc2ccccc2)cc1. The summed E-state index contributed by atoms with van der Waals surface area (Å²) in [6.07, 6.45) is 0.519. The number of hydrogen-bond acceptors (Lipinski definition) is 5. The van der Waals surface area contributed by atoms with Gasteiger partial charge in [0, 0.05) is 11.4 Å². The zero-order valence-electron chi connectivity index (χ0n) is 15.5. The number of ether oxygens (including phenoxy) is 1. The van der Waals surface area contributed by atoms with Crippen LogP contribution in [0.15, 0.2) is 54.6 Å². The van der Waals surface area contributed by atoms with Gasteiger partial charge in [-0.15, -0.1) is 0 Å². The molecule has 150 valence electrons. The molecule has 8 nitrogen and oxygen atoms in total. The maximum atomic E-state index is 11.9. The highest BCUT2D eigenvalue weighted by Gasteiger charge is 2.10. The number of carbonyl (C=O) groups is 2. The molecule has 2 rings (SSSR count). The molecule has 9 heteroatoms. The first-order valence-corrected chi connectivity index (χ1v) is 10.4. The number of sulfonamides is 1. The van der Waals surface area contributed by atoms with E-state index in [0.717, 1.165) is 0 Å². The number of carbonyl (C=O) groups excluding carboxylic acids is 2.